The van der Waals surface area contributed by atoms with Crippen molar-refractivity contribution in [3.8, 4) is 16.9 Å². The number of rotatable bonds is 4. The first-order chi connectivity index (χ1) is 12.9. The van der Waals surface area contributed by atoms with Crippen LogP contribution in [0.3, 0.4) is 0 Å². The molecule has 3 nitrogen and oxygen atoms in total. The van der Waals surface area contributed by atoms with E-state index in [0.29, 0.717) is 34.9 Å². The minimum absolute atomic E-state index is 0.413. The summed E-state index contributed by atoms with van der Waals surface area (Å²) < 4.78 is 45.7. The van der Waals surface area contributed by atoms with Gasteiger partial charge >= 0.3 is 6.18 Å². The van der Waals surface area contributed by atoms with E-state index in [0.717, 1.165) is 11.1 Å². The van der Waals surface area contributed by atoms with E-state index in [-0.39, 0.29) is 0 Å². The Bertz CT molecular complexity index is 898. The topological polar surface area (TPSA) is 42.4 Å². The molecular weight excluding hydrogens is 414 g/mol. The third-order valence-corrected chi connectivity index (χ3v) is 6.17. The predicted molar refractivity (Wildman–Crippen MR) is 103 cm³/mol. The number of benzene rings is 1. The largest absolute Gasteiger partial charge is 0.493 e. The van der Waals surface area contributed by atoms with Gasteiger partial charge in [-0.1, -0.05) is 25.4 Å². The van der Waals surface area contributed by atoms with Crippen LogP contribution in [0.25, 0.3) is 11.1 Å². The zero-order valence-electron chi connectivity index (χ0n) is 15.3. The zero-order valence-corrected chi connectivity index (χ0v) is 16.8. The van der Waals surface area contributed by atoms with Crippen LogP contribution in [0.1, 0.15) is 25.0 Å². The second-order valence-electron chi connectivity index (χ2n) is 7.51. The monoisotopic (exact) mass is 432 g/mol. The molecule has 28 heavy (non-hydrogen) atoms. The Morgan fingerprint density at radius 1 is 1.18 bits per heavy atom. The fourth-order valence-corrected chi connectivity index (χ4v) is 3.82. The molecule has 0 saturated carbocycles. The zero-order chi connectivity index (χ0) is 20.9. The minimum Gasteiger partial charge on any atom is -0.493 e. The van der Waals surface area contributed by atoms with Crippen LogP contribution >= 0.6 is 23.2 Å². The van der Waals surface area contributed by atoms with Crippen LogP contribution in [0, 0.1) is 6.92 Å². The van der Waals surface area contributed by atoms with Crippen LogP contribution in [0.4, 0.5) is 13.2 Å². The molecule has 0 amide bonds. The van der Waals surface area contributed by atoms with Gasteiger partial charge in [0.05, 0.1) is 17.0 Å². The fraction of sp³-hybridized carbons (Fsp3) is 0.400. The second-order valence-corrected chi connectivity index (χ2v) is 8.38. The Morgan fingerprint density at radius 3 is 2.46 bits per heavy atom. The molecule has 1 aliphatic heterocycles. The molecule has 2 heterocycles. The summed E-state index contributed by atoms with van der Waals surface area (Å²) in [4.78, 5) is 4.06. The van der Waals surface area contributed by atoms with Crippen molar-refractivity contribution in [2.75, 3.05) is 6.61 Å². The average molecular weight is 433 g/mol. The summed E-state index contributed by atoms with van der Waals surface area (Å²) in [6.07, 6.45) is -1.27. The van der Waals surface area contributed by atoms with Crippen LogP contribution in [-0.2, 0) is 11.8 Å². The summed E-state index contributed by atoms with van der Waals surface area (Å²) in [5.41, 5.74) is -1.90. The Hall–Kier alpha value is -1.50. The van der Waals surface area contributed by atoms with E-state index in [4.69, 9.17) is 27.9 Å². The smallest absolute Gasteiger partial charge is 0.418 e. The second kappa shape index (κ2) is 7.08. The molecule has 1 radical (unpaired) electrons. The first kappa shape index (κ1) is 21.2. The molecule has 0 saturated heterocycles. The van der Waals surface area contributed by atoms with E-state index in [1.165, 1.54) is 20.0 Å². The fourth-order valence-electron chi connectivity index (χ4n) is 3.40. The minimum atomic E-state index is -4.99. The van der Waals surface area contributed by atoms with E-state index in [9.17, 15) is 18.3 Å². The van der Waals surface area contributed by atoms with E-state index in [1.807, 2.05) is 6.07 Å². The van der Waals surface area contributed by atoms with Crippen LogP contribution in [0.15, 0.2) is 30.6 Å². The summed E-state index contributed by atoms with van der Waals surface area (Å²) in [6.45, 7) is 6.43. The Balaban J connectivity index is 2.15. The number of halogens is 5. The molecule has 0 fully saturated rings. The molecule has 0 bridgehead atoms. The van der Waals surface area contributed by atoms with Crippen molar-refractivity contribution in [2.45, 2.75) is 42.8 Å². The van der Waals surface area contributed by atoms with Crippen LogP contribution < -0.4 is 4.74 Å². The third-order valence-electron chi connectivity index (χ3n) is 5.06. The first-order valence-electron chi connectivity index (χ1n) is 8.55. The number of pyridine rings is 1. The maximum absolute atomic E-state index is 13.3. The highest BCUT2D eigenvalue weighted by Gasteiger charge is 2.59. The van der Waals surface area contributed by atoms with Gasteiger partial charge in [-0.05, 0) is 36.2 Å². The summed E-state index contributed by atoms with van der Waals surface area (Å²) in [7, 11) is 0. The van der Waals surface area contributed by atoms with E-state index < -0.39 is 22.6 Å². The van der Waals surface area contributed by atoms with Gasteiger partial charge in [0.2, 0.25) is 0 Å². The summed E-state index contributed by atoms with van der Waals surface area (Å²) >= 11 is 12.2. The standard InChI is InChI=1S/C20H19Cl2F3NO2/c1-18(2,17(22)19(3,27)20(23,24)25)15-8-12(6-11-4-5-28-16(11)15)13-7-14(21)10-26-9-13/h6-10,17,27H,3-5H2,1-2H3. The van der Waals surface area contributed by atoms with Crippen molar-refractivity contribution in [3.05, 3.63) is 53.7 Å². The molecule has 0 aliphatic carbocycles. The van der Waals surface area contributed by atoms with Crippen molar-refractivity contribution in [3.63, 3.8) is 0 Å². The van der Waals surface area contributed by atoms with Gasteiger partial charge in [-0.3, -0.25) is 4.98 Å². The molecular formula is C20H19Cl2F3NO2. The highest BCUT2D eigenvalue weighted by Crippen LogP contribution is 2.48. The number of fused-ring (bicyclic) bond motifs is 1. The van der Waals surface area contributed by atoms with Crippen LogP contribution in [0.5, 0.6) is 5.75 Å². The summed E-state index contributed by atoms with van der Waals surface area (Å²) in [6, 6.07) is 5.33. The summed E-state index contributed by atoms with van der Waals surface area (Å²) in [5.74, 6) is 0.493. The molecule has 2 aromatic rings. The Labute approximate surface area is 171 Å². The lowest BCUT2D eigenvalue weighted by atomic mass is 9.73. The van der Waals surface area contributed by atoms with Gasteiger partial charge in [-0.25, -0.2) is 0 Å². The Morgan fingerprint density at radius 2 is 1.86 bits per heavy atom. The van der Waals surface area contributed by atoms with Crippen LogP contribution in [-0.4, -0.2) is 33.9 Å². The van der Waals surface area contributed by atoms with E-state index >= 15 is 0 Å². The number of ether oxygens (including phenoxy) is 1. The molecule has 151 valence electrons. The SMILES string of the molecule is [CH2]C(O)(C(Cl)C(C)(C)c1cc(-c2cncc(Cl)c2)cc2c1OCC2)C(F)(F)F. The number of nitrogens with zero attached hydrogens (tertiary/aromatic N) is 1. The van der Waals surface area contributed by atoms with Crippen molar-refractivity contribution in [2.24, 2.45) is 0 Å². The highest BCUT2D eigenvalue weighted by atomic mass is 35.5. The lowest BCUT2D eigenvalue weighted by Crippen LogP contribution is -2.56. The van der Waals surface area contributed by atoms with Gasteiger partial charge < -0.3 is 9.84 Å². The average Bonchev–Trinajstić information content (AvgIpc) is 3.07. The molecule has 1 aromatic carbocycles. The molecule has 0 spiro atoms. The quantitative estimate of drug-likeness (QED) is 0.662. The lowest BCUT2D eigenvalue weighted by molar-refractivity contribution is -0.245. The highest BCUT2D eigenvalue weighted by molar-refractivity contribution is 6.30. The van der Waals surface area contributed by atoms with Gasteiger partial charge in [0.1, 0.15) is 5.75 Å². The van der Waals surface area contributed by atoms with Crippen molar-refractivity contribution in [1.29, 1.82) is 0 Å². The van der Waals surface area contributed by atoms with Crippen molar-refractivity contribution >= 4 is 23.2 Å². The van der Waals surface area contributed by atoms with Gasteiger partial charge in [-0.2, -0.15) is 13.2 Å². The molecule has 1 N–H and O–H groups in total. The van der Waals surface area contributed by atoms with E-state index in [1.54, 1.807) is 18.3 Å². The van der Waals surface area contributed by atoms with Gasteiger partial charge in [0.15, 0.2) is 5.60 Å². The predicted octanol–water partition coefficient (Wildman–Crippen LogP) is 5.35. The molecule has 1 aromatic heterocycles. The summed E-state index contributed by atoms with van der Waals surface area (Å²) in [5, 5.41) is 8.73. The number of aromatic nitrogens is 1. The number of hydrogen-bond acceptors (Lipinski definition) is 3. The lowest BCUT2D eigenvalue weighted by Gasteiger charge is -2.41. The van der Waals surface area contributed by atoms with Crippen LogP contribution in [0.2, 0.25) is 5.02 Å². The number of hydrogen-bond donors (Lipinski definition) is 1. The molecule has 3 rings (SSSR count). The molecule has 2 atom stereocenters. The first-order valence-corrected chi connectivity index (χ1v) is 9.37. The van der Waals surface area contributed by atoms with Crippen molar-refractivity contribution in [1.82, 2.24) is 4.98 Å². The normalized spacial score (nSPS) is 17.6. The third kappa shape index (κ3) is 3.58. The van der Waals surface area contributed by atoms with Crippen molar-refractivity contribution < 1.29 is 23.0 Å². The van der Waals surface area contributed by atoms with E-state index in [2.05, 4.69) is 11.9 Å². The maximum atomic E-state index is 13.3. The molecule has 1 aliphatic rings. The molecule has 2 unspecified atom stereocenters. The van der Waals surface area contributed by atoms with Gasteiger partial charge in [0, 0.05) is 35.4 Å². The molecule has 8 heteroatoms. The Kier molecular flexibility index (Phi) is 5.36. The maximum Gasteiger partial charge on any atom is 0.418 e. The number of aliphatic hydroxyl groups is 1. The van der Waals surface area contributed by atoms with Gasteiger partial charge in [-0.15, -0.1) is 11.6 Å². The van der Waals surface area contributed by atoms with Gasteiger partial charge in [0.25, 0.3) is 0 Å². The number of alkyl halides is 4.